The predicted octanol–water partition coefficient (Wildman–Crippen LogP) is 4.26. The van der Waals surface area contributed by atoms with E-state index in [1.165, 1.54) is 0 Å². The van der Waals surface area contributed by atoms with Crippen LogP contribution in [0.3, 0.4) is 0 Å². The quantitative estimate of drug-likeness (QED) is 0.402. The van der Waals surface area contributed by atoms with Gasteiger partial charge in [-0.05, 0) is 67.9 Å². The summed E-state index contributed by atoms with van der Waals surface area (Å²) in [6.45, 7) is 10.8. The van der Waals surface area contributed by atoms with Crippen LogP contribution >= 0.6 is 0 Å². The van der Waals surface area contributed by atoms with Gasteiger partial charge in [0.1, 0.15) is 12.4 Å². The second-order valence-corrected chi connectivity index (χ2v) is 7.71. The van der Waals surface area contributed by atoms with Gasteiger partial charge >= 0.3 is 0 Å². The highest BCUT2D eigenvalue weighted by Crippen LogP contribution is 2.39. The maximum absolute atomic E-state index is 12.9. The molecule has 0 aromatic heterocycles. The van der Waals surface area contributed by atoms with Gasteiger partial charge in [-0.25, -0.2) is 0 Å². The zero-order valence-electron chi connectivity index (χ0n) is 18.3. The molecule has 29 heavy (non-hydrogen) atoms. The molecule has 158 valence electrons. The van der Waals surface area contributed by atoms with E-state index in [0.717, 1.165) is 34.2 Å². The van der Waals surface area contributed by atoms with Gasteiger partial charge in [0.2, 0.25) is 6.41 Å². The molecule has 2 rings (SSSR count). The number of aliphatic hydroxyl groups is 1. The highest BCUT2D eigenvalue weighted by Gasteiger charge is 2.33. The van der Waals surface area contributed by atoms with Crippen molar-refractivity contribution in [1.29, 1.82) is 0 Å². The zero-order chi connectivity index (χ0) is 21.7. The highest BCUT2D eigenvalue weighted by molar-refractivity contribution is 6.23. The van der Waals surface area contributed by atoms with E-state index < -0.39 is 0 Å². The molecule has 0 bridgehead atoms. The lowest BCUT2D eigenvalue weighted by Crippen LogP contribution is -2.25. The molecule has 0 radical (unpaired) electrons. The summed E-state index contributed by atoms with van der Waals surface area (Å²) in [5.41, 5.74) is 6.29. The minimum atomic E-state index is -0.106. The smallest absolute Gasteiger partial charge is 0.209 e. The van der Waals surface area contributed by atoms with Gasteiger partial charge in [-0.15, -0.1) is 0 Å². The number of benzene rings is 1. The third-order valence-electron chi connectivity index (χ3n) is 5.55. The third-order valence-corrected chi connectivity index (χ3v) is 5.55. The molecule has 1 aliphatic carbocycles. The Hall–Kier alpha value is -2.63. The van der Waals surface area contributed by atoms with E-state index >= 15 is 0 Å². The molecule has 0 saturated heterocycles. The largest absolute Gasteiger partial charge is 0.511 e. The number of hydrogen-bond acceptors (Lipinski definition) is 5. The second-order valence-electron chi connectivity index (χ2n) is 7.71. The average Bonchev–Trinajstić information content (AvgIpc) is 2.66. The first-order valence-corrected chi connectivity index (χ1v) is 10.1. The van der Waals surface area contributed by atoms with Crippen LogP contribution in [0.5, 0.6) is 0 Å². The van der Waals surface area contributed by atoms with Crippen LogP contribution < -0.4 is 0 Å². The van der Waals surface area contributed by atoms with Crippen molar-refractivity contribution in [3.63, 3.8) is 0 Å². The number of nitrogens with zero attached hydrogens (tertiary/aromatic N) is 2. The van der Waals surface area contributed by atoms with Crippen molar-refractivity contribution in [2.75, 3.05) is 13.7 Å². The van der Waals surface area contributed by atoms with Crippen molar-refractivity contribution in [3.05, 3.63) is 45.2 Å². The molecular weight excluding hydrogens is 368 g/mol. The van der Waals surface area contributed by atoms with Crippen molar-refractivity contribution in [3.8, 4) is 0 Å². The Balaban J connectivity index is 2.46. The van der Waals surface area contributed by atoms with Crippen LogP contribution in [-0.4, -0.2) is 41.6 Å². The molecule has 6 nitrogen and oxygen atoms in total. The first-order valence-electron chi connectivity index (χ1n) is 10.1. The van der Waals surface area contributed by atoms with Crippen LogP contribution in [0.1, 0.15) is 66.8 Å². The second kappa shape index (κ2) is 9.72. The van der Waals surface area contributed by atoms with Crippen molar-refractivity contribution in [2.24, 2.45) is 5.16 Å². The van der Waals surface area contributed by atoms with Crippen molar-refractivity contribution < 1.29 is 19.5 Å². The van der Waals surface area contributed by atoms with Gasteiger partial charge in [0.05, 0.1) is 11.3 Å². The number of aryl methyl sites for hydroxylation is 2. The Kier molecular flexibility index (Phi) is 7.59. The third kappa shape index (κ3) is 4.86. The molecule has 1 amide bonds. The molecule has 1 atom stereocenters. The van der Waals surface area contributed by atoms with Crippen LogP contribution in [-0.2, 0) is 21.0 Å². The molecular formula is C23H32N2O4. The summed E-state index contributed by atoms with van der Waals surface area (Å²) >= 11 is 0. The minimum Gasteiger partial charge on any atom is -0.511 e. The Labute approximate surface area is 173 Å². The SMILES string of the molecule is CCON=C(CC)C1=C(O)CC(c2c(C)cc(C)c(CN(C)C=O)c2C)CC1=O. The van der Waals surface area contributed by atoms with Crippen LogP contribution in [0.15, 0.2) is 22.6 Å². The Morgan fingerprint density at radius 1 is 1.28 bits per heavy atom. The maximum Gasteiger partial charge on any atom is 0.209 e. The molecule has 0 heterocycles. The molecule has 1 aromatic carbocycles. The van der Waals surface area contributed by atoms with Gasteiger partial charge in [0.25, 0.3) is 0 Å². The van der Waals surface area contributed by atoms with Gasteiger partial charge in [0, 0.05) is 26.4 Å². The number of amides is 1. The lowest BCUT2D eigenvalue weighted by atomic mass is 9.76. The van der Waals surface area contributed by atoms with Crippen LogP contribution in [0.4, 0.5) is 0 Å². The van der Waals surface area contributed by atoms with Crippen molar-refractivity contribution in [2.45, 2.75) is 66.3 Å². The summed E-state index contributed by atoms with van der Waals surface area (Å²) < 4.78 is 0. The number of Topliss-reactive ketones (excluding diaryl/α,β-unsaturated/α-hetero) is 1. The number of allylic oxidation sites excluding steroid dienone is 2. The van der Waals surface area contributed by atoms with Gasteiger partial charge in [-0.1, -0.05) is 18.1 Å². The Bertz CT molecular complexity index is 855. The number of hydrogen-bond donors (Lipinski definition) is 1. The molecule has 0 saturated carbocycles. The molecule has 0 aliphatic heterocycles. The van der Waals surface area contributed by atoms with Crippen LogP contribution in [0.25, 0.3) is 0 Å². The standard InChI is InChI=1S/C23H32N2O4/c1-7-19(24-29-8-2)23-20(27)10-17(11-21(23)28)22-15(4)9-14(3)18(16(22)5)12-25(6)13-26/h9,13,17,27H,7-8,10-12H2,1-6H3. The lowest BCUT2D eigenvalue weighted by molar-refractivity contribution is -0.117. The summed E-state index contributed by atoms with van der Waals surface area (Å²) in [7, 11) is 1.75. The lowest BCUT2D eigenvalue weighted by Gasteiger charge is -2.29. The fraction of sp³-hybridized carbons (Fsp3) is 0.522. The normalized spacial score (nSPS) is 17.5. The highest BCUT2D eigenvalue weighted by atomic mass is 16.6. The molecule has 1 aromatic rings. The van der Waals surface area contributed by atoms with Gasteiger partial charge in [0.15, 0.2) is 5.78 Å². The first-order chi connectivity index (χ1) is 13.7. The molecule has 0 spiro atoms. The number of rotatable bonds is 8. The maximum atomic E-state index is 12.9. The zero-order valence-corrected chi connectivity index (χ0v) is 18.3. The number of ketones is 1. The van der Waals surface area contributed by atoms with E-state index in [0.29, 0.717) is 43.7 Å². The fourth-order valence-electron chi connectivity index (χ4n) is 4.26. The number of carbonyl (C=O) groups is 2. The Morgan fingerprint density at radius 2 is 1.97 bits per heavy atom. The van der Waals surface area contributed by atoms with E-state index in [2.05, 4.69) is 11.2 Å². The predicted molar refractivity (Wildman–Crippen MR) is 114 cm³/mol. The topological polar surface area (TPSA) is 79.2 Å². The molecule has 0 fully saturated rings. The molecule has 1 unspecified atom stereocenters. The van der Waals surface area contributed by atoms with Crippen molar-refractivity contribution in [1.82, 2.24) is 4.90 Å². The van der Waals surface area contributed by atoms with E-state index in [1.807, 2.05) is 34.6 Å². The van der Waals surface area contributed by atoms with Gasteiger partial charge < -0.3 is 14.8 Å². The average molecular weight is 401 g/mol. The fourth-order valence-corrected chi connectivity index (χ4v) is 4.26. The van der Waals surface area contributed by atoms with Crippen LogP contribution in [0, 0.1) is 20.8 Å². The number of carbonyl (C=O) groups excluding carboxylic acids is 2. The number of oxime groups is 1. The molecule has 6 heteroatoms. The summed E-state index contributed by atoms with van der Waals surface area (Å²) in [5.74, 6) is -0.125. The summed E-state index contributed by atoms with van der Waals surface area (Å²) in [6, 6.07) is 2.10. The van der Waals surface area contributed by atoms with E-state index in [9.17, 15) is 14.7 Å². The summed E-state index contributed by atoms with van der Waals surface area (Å²) in [5, 5.41) is 14.8. The van der Waals surface area contributed by atoms with Crippen LogP contribution in [0.2, 0.25) is 0 Å². The van der Waals surface area contributed by atoms with E-state index in [-0.39, 0.29) is 17.5 Å². The molecule has 1 aliphatic rings. The van der Waals surface area contributed by atoms with Gasteiger partial charge in [-0.3, -0.25) is 9.59 Å². The van der Waals surface area contributed by atoms with Gasteiger partial charge in [-0.2, -0.15) is 0 Å². The summed E-state index contributed by atoms with van der Waals surface area (Å²) in [6.07, 6.45) is 2.03. The van der Waals surface area contributed by atoms with E-state index in [1.54, 1.807) is 11.9 Å². The Morgan fingerprint density at radius 3 is 2.52 bits per heavy atom. The monoisotopic (exact) mass is 400 g/mol. The van der Waals surface area contributed by atoms with Crippen molar-refractivity contribution >= 4 is 17.9 Å². The minimum absolute atomic E-state index is 0.0810. The van der Waals surface area contributed by atoms with E-state index in [4.69, 9.17) is 4.84 Å². The molecule has 1 N–H and O–H groups in total. The number of aliphatic hydroxyl groups excluding tert-OH is 1. The summed E-state index contributed by atoms with van der Waals surface area (Å²) in [4.78, 5) is 30.8. The first kappa shape index (κ1) is 22.7.